The van der Waals surface area contributed by atoms with E-state index in [2.05, 4.69) is 19.2 Å². The van der Waals surface area contributed by atoms with Crippen LogP contribution in [0.1, 0.15) is 71.6 Å². The van der Waals surface area contributed by atoms with Gasteiger partial charge in [0.25, 0.3) is 0 Å². The maximum absolute atomic E-state index is 12.4. The van der Waals surface area contributed by atoms with E-state index in [0.717, 1.165) is 45.1 Å². The van der Waals surface area contributed by atoms with Crippen molar-refractivity contribution >= 4 is 5.91 Å². The fourth-order valence-electron chi connectivity index (χ4n) is 4.14. The Bertz CT molecular complexity index is 339. The van der Waals surface area contributed by atoms with Crippen LogP contribution in [0, 0.1) is 5.92 Å². The van der Waals surface area contributed by atoms with Crippen molar-refractivity contribution in [2.75, 3.05) is 6.61 Å². The summed E-state index contributed by atoms with van der Waals surface area (Å²) in [5.74, 6) is 0.491. The summed E-state index contributed by atoms with van der Waals surface area (Å²) in [6.07, 6.45) is 8.17. The second-order valence-electron chi connectivity index (χ2n) is 6.87. The van der Waals surface area contributed by atoms with Gasteiger partial charge in [-0.15, -0.1) is 0 Å². The van der Waals surface area contributed by atoms with Gasteiger partial charge in [-0.25, -0.2) is 0 Å². The SMILES string of the molecule is CCCC(O)(CCC)CC(=O)NC1CCCC2OCCC12. The summed E-state index contributed by atoms with van der Waals surface area (Å²) in [4.78, 5) is 12.4. The Morgan fingerprint density at radius 3 is 2.62 bits per heavy atom. The first-order valence-electron chi connectivity index (χ1n) is 8.71. The quantitative estimate of drug-likeness (QED) is 0.759. The molecule has 21 heavy (non-hydrogen) atoms. The summed E-state index contributed by atoms with van der Waals surface area (Å²) < 4.78 is 5.75. The van der Waals surface area contributed by atoms with Crippen LogP contribution in [-0.4, -0.2) is 35.4 Å². The third-order valence-electron chi connectivity index (χ3n) is 5.05. The summed E-state index contributed by atoms with van der Waals surface area (Å²) in [5, 5.41) is 13.8. The zero-order valence-electron chi connectivity index (χ0n) is 13.6. The predicted octanol–water partition coefficient (Wildman–Crippen LogP) is 2.78. The molecule has 2 aliphatic rings. The number of fused-ring (bicyclic) bond motifs is 1. The molecular weight excluding hydrogens is 266 g/mol. The smallest absolute Gasteiger partial charge is 0.223 e. The fourth-order valence-corrected chi connectivity index (χ4v) is 4.14. The molecule has 122 valence electrons. The minimum Gasteiger partial charge on any atom is -0.389 e. The average molecular weight is 297 g/mol. The van der Waals surface area contributed by atoms with Gasteiger partial charge in [0.05, 0.1) is 18.1 Å². The maximum atomic E-state index is 12.4. The highest BCUT2D eigenvalue weighted by atomic mass is 16.5. The van der Waals surface area contributed by atoms with Gasteiger partial charge in [0.1, 0.15) is 0 Å². The van der Waals surface area contributed by atoms with Gasteiger partial charge < -0.3 is 15.2 Å². The van der Waals surface area contributed by atoms with Crippen LogP contribution in [0.4, 0.5) is 0 Å². The summed E-state index contributed by atoms with van der Waals surface area (Å²) in [6, 6.07) is 0.242. The van der Waals surface area contributed by atoms with Crippen molar-refractivity contribution in [1.29, 1.82) is 0 Å². The van der Waals surface area contributed by atoms with Gasteiger partial charge in [-0.3, -0.25) is 4.79 Å². The average Bonchev–Trinajstić information content (AvgIpc) is 2.88. The van der Waals surface area contributed by atoms with Crippen LogP contribution >= 0.6 is 0 Å². The standard InChI is InChI=1S/C17H31NO3/c1-3-9-17(20,10-4-2)12-16(19)18-14-6-5-7-15-13(14)8-11-21-15/h13-15,20H,3-12H2,1-2H3,(H,18,19). The molecule has 2 fully saturated rings. The Kier molecular flexibility index (Phi) is 6.06. The number of carbonyl (C=O) groups excluding carboxylic acids is 1. The van der Waals surface area contributed by atoms with Gasteiger partial charge in [0.15, 0.2) is 0 Å². The van der Waals surface area contributed by atoms with E-state index >= 15 is 0 Å². The summed E-state index contributed by atoms with van der Waals surface area (Å²) in [6.45, 7) is 4.94. The van der Waals surface area contributed by atoms with Crippen LogP contribution < -0.4 is 5.32 Å². The highest BCUT2D eigenvalue weighted by Crippen LogP contribution is 2.34. The molecule has 0 aromatic carbocycles. The van der Waals surface area contributed by atoms with Crippen LogP contribution in [0.2, 0.25) is 0 Å². The molecule has 2 rings (SSSR count). The normalized spacial score (nSPS) is 29.2. The van der Waals surface area contributed by atoms with Gasteiger partial charge in [0.2, 0.25) is 5.91 Å². The third-order valence-corrected chi connectivity index (χ3v) is 5.05. The lowest BCUT2D eigenvalue weighted by atomic mass is 9.81. The van der Waals surface area contributed by atoms with Crippen LogP contribution in [-0.2, 0) is 9.53 Å². The largest absolute Gasteiger partial charge is 0.389 e. The number of carbonyl (C=O) groups is 1. The molecule has 1 heterocycles. The van der Waals surface area contributed by atoms with E-state index in [-0.39, 0.29) is 18.4 Å². The van der Waals surface area contributed by atoms with Crippen molar-refractivity contribution < 1.29 is 14.6 Å². The minimum absolute atomic E-state index is 0.0111. The number of ether oxygens (including phenoxy) is 1. The van der Waals surface area contributed by atoms with E-state index in [4.69, 9.17) is 4.74 Å². The topological polar surface area (TPSA) is 58.6 Å². The van der Waals surface area contributed by atoms with Crippen LogP contribution in [0.25, 0.3) is 0 Å². The van der Waals surface area contributed by atoms with E-state index in [1.54, 1.807) is 0 Å². The van der Waals surface area contributed by atoms with Crippen LogP contribution in [0.15, 0.2) is 0 Å². The van der Waals surface area contributed by atoms with Gasteiger partial charge in [-0.1, -0.05) is 26.7 Å². The van der Waals surface area contributed by atoms with E-state index in [0.29, 0.717) is 24.9 Å². The summed E-state index contributed by atoms with van der Waals surface area (Å²) >= 11 is 0. The minimum atomic E-state index is -0.826. The number of hydrogen-bond donors (Lipinski definition) is 2. The number of amides is 1. The van der Waals surface area contributed by atoms with Crippen molar-refractivity contribution in [1.82, 2.24) is 5.32 Å². The van der Waals surface area contributed by atoms with Crippen LogP contribution in [0.5, 0.6) is 0 Å². The molecule has 1 saturated carbocycles. The van der Waals surface area contributed by atoms with E-state index in [9.17, 15) is 9.90 Å². The molecule has 0 aromatic rings. The monoisotopic (exact) mass is 297 g/mol. The zero-order valence-corrected chi connectivity index (χ0v) is 13.6. The lowest BCUT2D eigenvalue weighted by Crippen LogP contribution is -2.47. The summed E-state index contributed by atoms with van der Waals surface area (Å²) in [7, 11) is 0. The molecule has 1 amide bonds. The molecule has 4 nitrogen and oxygen atoms in total. The first-order valence-corrected chi connectivity index (χ1v) is 8.71. The first kappa shape index (κ1) is 16.8. The van der Waals surface area contributed by atoms with Crippen molar-refractivity contribution in [3.8, 4) is 0 Å². The molecule has 1 aliphatic carbocycles. The first-order chi connectivity index (χ1) is 10.1. The zero-order chi connectivity index (χ0) is 15.3. The molecule has 3 unspecified atom stereocenters. The molecule has 0 spiro atoms. The molecule has 1 aliphatic heterocycles. The van der Waals surface area contributed by atoms with Gasteiger partial charge in [0, 0.05) is 18.6 Å². The van der Waals surface area contributed by atoms with E-state index in [1.807, 2.05) is 0 Å². The van der Waals surface area contributed by atoms with Crippen molar-refractivity contribution in [3.05, 3.63) is 0 Å². The van der Waals surface area contributed by atoms with E-state index < -0.39 is 5.60 Å². The van der Waals surface area contributed by atoms with E-state index in [1.165, 1.54) is 0 Å². The molecule has 4 heteroatoms. The molecule has 0 aromatic heterocycles. The molecule has 1 saturated heterocycles. The van der Waals surface area contributed by atoms with Crippen LogP contribution in [0.3, 0.4) is 0 Å². The molecule has 0 bridgehead atoms. The lowest BCUT2D eigenvalue weighted by molar-refractivity contribution is -0.128. The summed E-state index contributed by atoms with van der Waals surface area (Å²) in [5.41, 5.74) is -0.826. The predicted molar refractivity (Wildman–Crippen MR) is 83.0 cm³/mol. The Labute approximate surface area is 128 Å². The second-order valence-corrected chi connectivity index (χ2v) is 6.87. The van der Waals surface area contributed by atoms with Crippen molar-refractivity contribution in [3.63, 3.8) is 0 Å². The molecule has 2 N–H and O–H groups in total. The Balaban J connectivity index is 1.88. The molecule has 0 radical (unpaired) electrons. The third kappa shape index (κ3) is 4.43. The highest BCUT2D eigenvalue weighted by Gasteiger charge is 2.39. The highest BCUT2D eigenvalue weighted by molar-refractivity contribution is 5.77. The fraction of sp³-hybridized carbons (Fsp3) is 0.941. The van der Waals surface area contributed by atoms with Crippen molar-refractivity contribution in [2.45, 2.75) is 89.4 Å². The Morgan fingerprint density at radius 2 is 1.95 bits per heavy atom. The number of hydrogen-bond acceptors (Lipinski definition) is 3. The molecular formula is C17H31NO3. The number of nitrogens with one attached hydrogen (secondary N) is 1. The van der Waals surface area contributed by atoms with Gasteiger partial charge in [-0.05, 0) is 38.5 Å². The van der Waals surface area contributed by atoms with Crippen molar-refractivity contribution in [2.24, 2.45) is 5.92 Å². The second kappa shape index (κ2) is 7.59. The van der Waals surface area contributed by atoms with Gasteiger partial charge in [-0.2, -0.15) is 0 Å². The number of rotatable bonds is 7. The molecule has 3 atom stereocenters. The maximum Gasteiger partial charge on any atom is 0.223 e. The Morgan fingerprint density at radius 1 is 1.24 bits per heavy atom. The lowest BCUT2D eigenvalue weighted by Gasteiger charge is -2.34. The number of aliphatic hydroxyl groups is 1. The Hall–Kier alpha value is -0.610. The van der Waals surface area contributed by atoms with Gasteiger partial charge >= 0.3 is 0 Å².